The molecule has 1 aliphatic heterocycles. The van der Waals surface area contributed by atoms with E-state index in [1.807, 2.05) is 43.1 Å². The van der Waals surface area contributed by atoms with Crippen molar-refractivity contribution < 1.29 is 14.3 Å². The summed E-state index contributed by atoms with van der Waals surface area (Å²) in [6.45, 7) is 4.01. The molecule has 1 aliphatic rings. The third kappa shape index (κ3) is 4.61. The molecule has 2 amide bonds. The molecule has 28 heavy (non-hydrogen) atoms. The van der Waals surface area contributed by atoms with Gasteiger partial charge in [0.1, 0.15) is 24.1 Å². The zero-order valence-electron chi connectivity index (χ0n) is 16.0. The molecule has 9 heteroatoms. The Morgan fingerprint density at radius 1 is 1.29 bits per heavy atom. The molecule has 0 aliphatic carbocycles. The van der Waals surface area contributed by atoms with Gasteiger partial charge < -0.3 is 24.9 Å². The Kier molecular flexibility index (Phi) is 6.15. The van der Waals surface area contributed by atoms with E-state index < -0.39 is 11.7 Å². The van der Waals surface area contributed by atoms with Crippen LogP contribution in [-0.4, -0.2) is 77.5 Å². The minimum Gasteiger partial charge on any atom is -0.491 e. The van der Waals surface area contributed by atoms with Crippen molar-refractivity contribution in [2.75, 3.05) is 39.8 Å². The standard InChI is InChI=1S/C19H25N5O4/c1-13-5-3-4-6-16(13)28-10-7-20-17(25)15-12-24(9-8-23(15)2)18(26)14-11-21-19(27)22-14/h3-6,11,15H,7-10,12H2,1-2H3,(H,20,25)(H2,21,22,27)/t15-/m1/s1. The number of rotatable bonds is 6. The highest BCUT2D eigenvalue weighted by Gasteiger charge is 2.32. The molecule has 0 radical (unpaired) electrons. The molecule has 150 valence electrons. The van der Waals surface area contributed by atoms with E-state index in [4.69, 9.17) is 4.74 Å². The molecule has 2 heterocycles. The highest BCUT2D eigenvalue weighted by molar-refractivity contribution is 5.93. The first-order chi connectivity index (χ1) is 13.5. The lowest BCUT2D eigenvalue weighted by atomic mass is 10.1. The topological polar surface area (TPSA) is 111 Å². The summed E-state index contributed by atoms with van der Waals surface area (Å²) >= 11 is 0. The van der Waals surface area contributed by atoms with Crippen LogP contribution in [0.3, 0.4) is 0 Å². The Labute approximate surface area is 162 Å². The van der Waals surface area contributed by atoms with Crippen molar-refractivity contribution in [3.8, 4) is 5.75 Å². The van der Waals surface area contributed by atoms with Gasteiger partial charge in [-0.1, -0.05) is 18.2 Å². The van der Waals surface area contributed by atoms with Crippen LogP contribution in [0.5, 0.6) is 5.75 Å². The van der Waals surface area contributed by atoms with Crippen LogP contribution in [-0.2, 0) is 4.79 Å². The summed E-state index contributed by atoms with van der Waals surface area (Å²) in [6.07, 6.45) is 1.35. The average Bonchev–Trinajstić information content (AvgIpc) is 3.12. The maximum absolute atomic E-state index is 12.6. The van der Waals surface area contributed by atoms with E-state index in [0.29, 0.717) is 26.2 Å². The van der Waals surface area contributed by atoms with Crippen molar-refractivity contribution in [3.05, 3.63) is 52.2 Å². The van der Waals surface area contributed by atoms with Gasteiger partial charge in [0.15, 0.2) is 0 Å². The number of aromatic amines is 2. The number of benzene rings is 1. The van der Waals surface area contributed by atoms with Gasteiger partial charge in [-0.3, -0.25) is 14.5 Å². The van der Waals surface area contributed by atoms with Crippen LogP contribution in [0, 0.1) is 6.92 Å². The lowest BCUT2D eigenvalue weighted by Crippen LogP contribution is -2.59. The van der Waals surface area contributed by atoms with Crippen LogP contribution in [0.25, 0.3) is 0 Å². The SMILES string of the molecule is Cc1ccccc1OCCNC(=O)[C@H]1CN(C(=O)c2c[nH]c(=O)[nH]2)CCN1C. The molecular weight excluding hydrogens is 362 g/mol. The van der Waals surface area contributed by atoms with Gasteiger partial charge in [-0.2, -0.15) is 0 Å². The predicted octanol–water partition coefficient (Wildman–Crippen LogP) is -0.0372. The Bertz CT molecular complexity index is 890. The summed E-state index contributed by atoms with van der Waals surface area (Å²) in [7, 11) is 1.86. The van der Waals surface area contributed by atoms with Crippen molar-refractivity contribution >= 4 is 11.8 Å². The molecule has 1 saturated heterocycles. The van der Waals surface area contributed by atoms with Gasteiger partial charge in [0.05, 0.1) is 6.54 Å². The smallest absolute Gasteiger partial charge is 0.323 e. The predicted molar refractivity (Wildman–Crippen MR) is 103 cm³/mol. The molecule has 1 aromatic heterocycles. The molecule has 1 fully saturated rings. The van der Waals surface area contributed by atoms with Gasteiger partial charge >= 0.3 is 5.69 Å². The zero-order chi connectivity index (χ0) is 20.1. The number of ether oxygens (including phenoxy) is 1. The number of amides is 2. The maximum atomic E-state index is 12.6. The summed E-state index contributed by atoms with van der Waals surface area (Å²) < 4.78 is 5.69. The van der Waals surface area contributed by atoms with E-state index in [0.717, 1.165) is 11.3 Å². The minimum absolute atomic E-state index is 0.157. The number of piperazine rings is 1. The van der Waals surface area contributed by atoms with Gasteiger partial charge in [0.25, 0.3) is 5.91 Å². The first-order valence-electron chi connectivity index (χ1n) is 9.19. The Morgan fingerprint density at radius 2 is 2.07 bits per heavy atom. The number of carbonyl (C=O) groups excluding carboxylic acids is 2. The van der Waals surface area contributed by atoms with Gasteiger partial charge in [-0.15, -0.1) is 0 Å². The highest BCUT2D eigenvalue weighted by atomic mass is 16.5. The molecule has 1 aromatic carbocycles. The summed E-state index contributed by atoms with van der Waals surface area (Å²) in [5.41, 5.74) is 0.804. The first kappa shape index (κ1) is 19.7. The maximum Gasteiger partial charge on any atom is 0.323 e. The van der Waals surface area contributed by atoms with Crippen LogP contribution in [0.15, 0.2) is 35.3 Å². The molecular formula is C19H25N5O4. The van der Waals surface area contributed by atoms with E-state index in [1.54, 1.807) is 4.90 Å². The number of aromatic nitrogens is 2. The summed E-state index contributed by atoms with van der Waals surface area (Å²) in [6, 6.07) is 7.25. The zero-order valence-corrected chi connectivity index (χ0v) is 16.0. The van der Waals surface area contributed by atoms with Crippen LogP contribution in [0.4, 0.5) is 0 Å². The van der Waals surface area contributed by atoms with E-state index in [-0.39, 0.29) is 24.1 Å². The van der Waals surface area contributed by atoms with Crippen LogP contribution < -0.4 is 15.7 Å². The minimum atomic E-state index is -0.457. The molecule has 0 bridgehead atoms. The normalized spacial score (nSPS) is 17.4. The second-order valence-corrected chi connectivity index (χ2v) is 6.81. The molecule has 1 atom stereocenters. The van der Waals surface area contributed by atoms with Crippen LogP contribution in [0.2, 0.25) is 0 Å². The summed E-state index contributed by atoms with van der Waals surface area (Å²) in [5.74, 6) is 0.340. The van der Waals surface area contributed by atoms with Gasteiger partial charge in [-0.25, -0.2) is 4.79 Å². The van der Waals surface area contributed by atoms with Crippen molar-refractivity contribution in [3.63, 3.8) is 0 Å². The number of aryl methyl sites for hydroxylation is 1. The third-order valence-electron chi connectivity index (χ3n) is 4.82. The fourth-order valence-electron chi connectivity index (χ4n) is 3.13. The largest absolute Gasteiger partial charge is 0.491 e. The molecule has 0 spiro atoms. The fourth-order valence-corrected chi connectivity index (χ4v) is 3.13. The number of imidazole rings is 1. The summed E-state index contributed by atoms with van der Waals surface area (Å²) in [5, 5.41) is 2.87. The Hall–Kier alpha value is -3.07. The molecule has 2 aromatic rings. The Morgan fingerprint density at radius 3 is 2.79 bits per heavy atom. The van der Waals surface area contributed by atoms with Crippen LogP contribution in [0.1, 0.15) is 16.1 Å². The lowest BCUT2D eigenvalue weighted by molar-refractivity contribution is -0.127. The second kappa shape index (κ2) is 8.75. The van der Waals surface area contributed by atoms with E-state index in [1.165, 1.54) is 6.20 Å². The number of hydrogen-bond donors (Lipinski definition) is 3. The highest BCUT2D eigenvalue weighted by Crippen LogP contribution is 2.15. The van der Waals surface area contributed by atoms with Crippen molar-refractivity contribution in [2.45, 2.75) is 13.0 Å². The number of nitrogens with zero attached hydrogens (tertiary/aromatic N) is 2. The second-order valence-electron chi connectivity index (χ2n) is 6.81. The molecule has 3 N–H and O–H groups in total. The van der Waals surface area contributed by atoms with Gasteiger partial charge in [-0.05, 0) is 25.6 Å². The van der Waals surface area contributed by atoms with Crippen molar-refractivity contribution in [2.24, 2.45) is 0 Å². The third-order valence-corrected chi connectivity index (χ3v) is 4.82. The van der Waals surface area contributed by atoms with E-state index in [9.17, 15) is 14.4 Å². The van der Waals surface area contributed by atoms with Gasteiger partial charge in [0, 0.05) is 25.8 Å². The van der Waals surface area contributed by atoms with Crippen LogP contribution >= 0.6 is 0 Å². The number of nitrogens with one attached hydrogen (secondary N) is 3. The molecule has 0 saturated carbocycles. The van der Waals surface area contributed by atoms with Crippen molar-refractivity contribution in [1.29, 1.82) is 0 Å². The quantitative estimate of drug-likeness (QED) is 0.603. The van der Waals surface area contributed by atoms with E-state index >= 15 is 0 Å². The monoisotopic (exact) mass is 387 g/mol. The van der Waals surface area contributed by atoms with Gasteiger partial charge in [0.2, 0.25) is 5.91 Å². The molecule has 3 rings (SSSR count). The number of hydrogen-bond acceptors (Lipinski definition) is 5. The van der Waals surface area contributed by atoms with E-state index in [2.05, 4.69) is 15.3 Å². The Balaban J connectivity index is 1.51. The number of carbonyl (C=O) groups is 2. The summed E-state index contributed by atoms with van der Waals surface area (Å²) in [4.78, 5) is 44.7. The lowest BCUT2D eigenvalue weighted by Gasteiger charge is -2.38. The number of para-hydroxylation sites is 1. The fraction of sp³-hybridized carbons (Fsp3) is 0.421. The molecule has 0 unspecified atom stereocenters. The van der Waals surface area contributed by atoms with Crippen molar-refractivity contribution in [1.82, 2.24) is 25.1 Å². The average molecular weight is 387 g/mol. The first-order valence-corrected chi connectivity index (χ1v) is 9.19. The number of likely N-dealkylation sites (N-methyl/N-ethyl adjacent to an activating group) is 1. The molecule has 9 nitrogen and oxygen atoms in total. The number of H-pyrrole nitrogens is 2.